The molecule has 2 aliphatic rings. The summed E-state index contributed by atoms with van der Waals surface area (Å²) in [5.41, 5.74) is 0. The third kappa shape index (κ3) is 3.68. The van der Waals surface area contributed by atoms with Gasteiger partial charge in [0.25, 0.3) is 23.6 Å². The maximum Gasteiger partial charge on any atom is 0.333 e. The quantitative estimate of drug-likeness (QED) is 0.454. The van der Waals surface area contributed by atoms with Gasteiger partial charge in [0.2, 0.25) is 0 Å². The molecule has 1 fully saturated rings. The van der Waals surface area contributed by atoms with Crippen molar-refractivity contribution >= 4 is 40.7 Å². The molecule has 1 saturated heterocycles. The van der Waals surface area contributed by atoms with Gasteiger partial charge in [0.05, 0.1) is 6.42 Å². The summed E-state index contributed by atoms with van der Waals surface area (Å²) in [5, 5.41) is -1.27. The lowest BCUT2D eigenvalue weighted by atomic mass is 10.3. The van der Waals surface area contributed by atoms with E-state index in [-0.39, 0.29) is 24.4 Å². The minimum Gasteiger partial charge on any atom is -0.330 e. The Balaban J connectivity index is 1.80. The Hall–Kier alpha value is -2.40. The highest BCUT2D eigenvalue weighted by Gasteiger charge is 2.44. The van der Waals surface area contributed by atoms with Gasteiger partial charge >= 0.3 is 5.97 Å². The number of rotatable bonds is 6. The molecule has 0 aromatic heterocycles. The SMILES string of the molecule is O=C(CCCN1C(=O)C=CC1=O)ON1C(=O)CC(S(=O)O)C1=O. The van der Waals surface area contributed by atoms with E-state index in [2.05, 4.69) is 4.84 Å². The molecule has 2 heterocycles. The van der Waals surface area contributed by atoms with Crippen molar-refractivity contribution in [2.24, 2.45) is 0 Å². The van der Waals surface area contributed by atoms with E-state index in [4.69, 9.17) is 4.55 Å². The molecule has 2 unspecified atom stereocenters. The molecule has 10 nitrogen and oxygen atoms in total. The van der Waals surface area contributed by atoms with E-state index >= 15 is 0 Å². The van der Waals surface area contributed by atoms with Gasteiger partial charge < -0.3 is 9.39 Å². The van der Waals surface area contributed by atoms with Gasteiger partial charge in [-0.1, -0.05) is 0 Å². The minimum atomic E-state index is -2.53. The molecule has 1 N–H and O–H groups in total. The Kier molecular flexibility index (Phi) is 5.01. The van der Waals surface area contributed by atoms with Crippen molar-refractivity contribution in [1.82, 2.24) is 9.96 Å². The molecule has 124 valence electrons. The maximum atomic E-state index is 11.6. The van der Waals surface area contributed by atoms with Crippen LogP contribution in [0.25, 0.3) is 0 Å². The first-order chi connectivity index (χ1) is 10.8. The molecule has 0 aromatic rings. The fourth-order valence-corrected chi connectivity index (χ4v) is 2.57. The molecular formula is C12H12N2O8S. The van der Waals surface area contributed by atoms with Crippen molar-refractivity contribution in [3.8, 4) is 0 Å². The number of carbonyl (C=O) groups excluding carboxylic acids is 5. The van der Waals surface area contributed by atoms with Crippen LogP contribution in [0.5, 0.6) is 0 Å². The van der Waals surface area contributed by atoms with E-state index in [1.807, 2.05) is 0 Å². The third-order valence-corrected chi connectivity index (χ3v) is 4.02. The standard InChI is InChI=1S/C12H12N2O8S/c15-8-3-4-9(16)13(8)5-1-2-11(18)22-14-10(17)6-7(12(14)19)23(20)21/h3-4,7H,1-2,5-6H2,(H,20,21). The second kappa shape index (κ2) is 6.79. The Bertz CT molecular complexity index is 625. The van der Waals surface area contributed by atoms with Crippen molar-refractivity contribution < 1.29 is 37.6 Å². The van der Waals surface area contributed by atoms with Crippen molar-refractivity contribution in [2.75, 3.05) is 6.54 Å². The fraction of sp³-hybridized carbons (Fsp3) is 0.417. The summed E-state index contributed by atoms with van der Waals surface area (Å²) < 4.78 is 19.7. The van der Waals surface area contributed by atoms with Gasteiger partial charge in [-0.3, -0.25) is 24.1 Å². The van der Waals surface area contributed by atoms with Gasteiger partial charge in [0.15, 0.2) is 16.3 Å². The van der Waals surface area contributed by atoms with Crippen LogP contribution >= 0.6 is 0 Å². The van der Waals surface area contributed by atoms with Crippen LogP contribution in [0.15, 0.2) is 12.2 Å². The molecule has 2 atom stereocenters. The largest absolute Gasteiger partial charge is 0.333 e. The van der Waals surface area contributed by atoms with Crippen LogP contribution in [0.3, 0.4) is 0 Å². The van der Waals surface area contributed by atoms with E-state index in [0.29, 0.717) is 0 Å². The van der Waals surface area contributed by atoms with Crippen molar-refractivity contribution in [1.29, 1.82) is 0 Å². The van der Waals surface area contributed by atoms with Crippen molar-refractivity contribution in [2.45, 2.75) is 24.5 Å². The smallest absolute Gasteiger partial charge is 0.330 e. The van der Waals surface area contributed by atoms with Gasteiger partial charge in [-0.15, -0.1) is 5.06 Å². The Morgan fingerprint density at radius 2 is 1.87 bits per heavy atom. The molecule has 0 radical (unpaired) electrons. The second-order valence-corrected chi connectivity index (χ2v) is 5.84. The summed E-state index contributed by atoms with van der Waals surface area (Å²) in [5.74, 6) is -3.84. The molecule has 0 aromatic carbocycles. The van der Waals surface area contributed by atoms with Crippen LogP contribution in [0.1, 0.15) is 19.3 Å². The van der Waals surface area contributed by atoms with Crippen LogP contribution in [-0.4, -0.2) is 60.1 Å². The predicted octanol–water partition coefficient (Wildman–Crippen LogP) is -1.50. The molecule has 11 heteroatoms. The molecular weight excluding hydrogens is 332 g/mol. The van der Waals surface area contributed by atoms with Gasteiger partial charge in [-0.2, -0.15) is 0 Å². The zero-order valence-electron chi connectivity index (χ0n) is 11.7. The summed E-state index contributed by atoms with van der Waals surface area (Å²) in [6, 6.07) is 0. The van der Waals surface area contributed by atoms with Gasteiger partial charge in [0.1, 0.15) is 0 Å². The summed E-state index contributed by atoms with van der Waals surface area (Å²) in [4.78, 5) is 62.8. The van der Waals surface area contributed by atoms with E-state index in [0.717, 1.165) is 17.1 Å². The number of amides is 4. The van der Waals surface area contributed by atoms with Crippen LogP contribution in [-0.2, 0) is 39.9 Å². The zero-order chi connectivity index (χ0) is 17.1. The van der Waals surface area contributed by atoms with E-state index < -0.39 is 52.3 Å². The summed E-state index contributed by atoms with van der Waals surface area (Å²) in [6.45, 7) is -0.00899. The number of hydrogen-bond acceptors (Lipinski definition) is 7. The topological polar surface area (TPSA) is 138 Å². The Morgan fingerprint density at radius 1 is 1.26 bits per heavy atom. The highest BCUT2D eigenvalue weighted by molar-refractivity contribution is 7.80. The molecule has 4 amide bonds. The molecule has 23 heavy (non-hydrogen) atoms. The van der Waals surface area contributed by atoms with E-state index in [9.17, 15) is 28.2 Å². The number of carbonyl (C=O) groups is 5. The fourth-order valence-electron chi connectivity index (χ4n) is 2.02. The van der Waals surface area contributed by atoms with Crippen LogP contribution in [0.4, 0.5) is 0 Å². The maximum absolute atomic E-state index is 11.6. The number of imide groups is 2. The molecule has 0 spiro atoms. The normalized spacial score (nSPS) is 22.2. The molecule has 2 rings (SSSR count). The highest BCUT2D eigenvalue weighted by atomic mass is 32.2. The molecule has 0 aliphatic carbocycles. The van der Waals surface area contributed by atoms with Crippen molar-refractivity contribution in [3.05, 3.63) is 12.2 Å². The lowest BCUT2D eigenvalue weighted by molar-refractivity contribution is -0.197. The Morgan fingerprint density at radius 3 is 2.39 bits per heavy atom. The first-order valence-electron chi connectivity index (χ1n) is 6.52. The zero-order valence-corrected chi connectivity index (χ0v) is 12.5. The Labute approximate surface area is 132 Å². The van der Waals surface area contributed by atoms with Crippen LogP contribution < -0.4 is 0 Å². The van der Waals surface area contributed by atoms with Gasteiger partial charge in [-0.05, 0) is 6.42 Å². The molecule has 0 saturated carbocycles. The molecule has 0 bridgehead atoms. The third-order valence-electron chi connectivity index (χ3n) is 3.16. The van der Waals surface area contributed by atoms with Crippen LogP contribution in [0.2, 0.25) is 0 Å². The lowest BCUT2D eigenvalue weighted by Crippen LogP contribution is -2.36. The van der Waals surface area contributed by atoms with Gasteiger partial charge in [-0.25, -0.2) is 9.00 Å². The number of hydrogen-bond donors (Lipinski definition) is 1. The average molecular weight is 344 g/mol. The number of nitrogens with zero attached hydrogens (tertiary/aromatic N) is 2. The molecule has 2 aliphatic heterocycles. The average Bonchev–Trinajstić information content (AvgIpc) is 2.94. The lowest BCUT2D eigenvalue weighted by Gasteiger charge is -2.15. The van der Waals surface area contributed by atoms with Crippen molar-refractivity contribution in [3.63, 3.8) is 0 Å². The summed E-state index contributed by atoms with van der Waals surface area (Å²) in [6.07, 6.45) is 1.54. The predicted molar refractivity (Wildman–Crippen MR) is 72.2 cm³/mol. The summed E-state index contributed by atoms with van der Waals surface area (Å²) >= 11 is -2.53. The van der Waals surface area contributed by atoms with E-state index in [1.54, 1.807) is 0 Å². The first kappa shape index (κ1) is 17.0. The number of hydroxylamine groups is 2. The van der Waals surface area contributed by atoms with Gasteiger partial charge in [0, 0.05) is 25.1 Å². The second-order valence-electron chi connectivity index (χ2n) is 4.72. The highest BCUT2D eigenvalue weighted by Crippen LogP contribution is 2.18. The minimum absolute atomic E-state index is 0.00899. The first-order valence-corrected chi connectivity index (χ1v) is 7.69. The monoisotopic (exact) mass is 344 g/mol. The van der Waals surface area contributed by atoms with Crippen LogP contribution in [0, 0.1) is 0 Å². The van der Waals surface area contributed by atoms with E-state index in [1.165, 1.54) is 0 Å². The summed E-state index contributed by atoms with van der Waals surface area (Å²) in [7, 11) is 0.